The molecular weight excluding hydrogens is 162 g/mol. The third kappa shape index (κ3) is 7.06. The van der Waals surface area contributed by atoms with Gasteiger partial charge >= 0.3 is 0 Å². The van der Waals surface area contributed by atoms with Crippen LogP contribution in [0.2, 0.25) is 0 Å². The van der Waals surface area contributed by atoms with Crippen LogP contribution in [-0.2, 0) is 4.74 Å². The van der Waals surface area contributed by atoms with Crippen molar-refractivity contribution in [2.24, 2.45) is 0 Å². The average molecular weight is 179 g/mol. The number of allylic oxidation sites excluding steroid dienone is 3. The molecule has 0 fully saturated rings. The van der Waals surface area contributed by atoms with Gasteiger partial charge in [0.1, 0.15) is 5.76 Å². The quantitative estimate of drug-likeness (QED) is 0.277. The van der Waals surface area contributed by atoms with Crippen LogP contribution in [0.4, 0.5) is 0 Å². The van der Waals surface area contributed by atoms with Crippen molar-refractivity contribution in [3.05, 3.63) is 36.6 Å². The topological polar surface area (TPSA) is 33.1 Å². The van der Waals surface area contributed by atoms with Gasteiger partial charge in [0.2, 0.25) is 0 Å². The zero-order chi connectivity index (χ0) is 10.1. The highest BCUT2D eigenvalue weighted by Gasteiger charge is 1.88. The SMILES string of the molecule is C=C(C=N)/C=C\C(=C)OCCCC. The van der Waals surface area contributed by atoms with Gasteiger partial charge in [0, 0.05) is 6.21 Å². The fourth-order valence-electron chi connectivity index (χ4n) is 0.644. The Bertz CT molecular complexity index is 216. The van der Waals surface area contributed by atoms with Gasteiger partial charge in [0.15, 0.2) is 0 Å². The normalized spacial score (nSPS) is 9.92. The van der Waals surface area contributed by atoms with Crippen molar-refractivity contribution in [3.8, 4) is 0 Å². The second-order valence-corrected chi connectivity index (χ2v) is 2.72. The summed E-state index contributed by atoms with van der Waals surface area (Å²) in [5, 5.41) is 6.87. The average Bonchev–Trinajstić information content (AvgIpc) is 2.14. The molecule has 1 N–H and O–H groups in total. The number of hydrogen-bond acceptors (Lipinski definition) is 2. The molecule has 0 aliphatic carbocycles. The van der Waals surface area contributed by atoms with E-state index in [1.54, 1.807) is 12.2 Å². The summed E-state index contributed by atoms with van der Waals surface area (Å²) in [6, 6.07) is 0. The van der Waals surface area contributed by atoms with E-state index in [1.165, 1.54) is 6.21 Å². The Balaban J connectivity index is 3.67. The van der Waals surface area contributed by atoms with Gasteiger partial charge in [-0.1, -0.05) is 32.6 Å². The Kier molecular flexibility index (Phi) is 6.60. The highest BCUT2D eigenvalue weighted by atomic mass is 16.5. The van der Waals surface area contributed by atoms with E-state index in [-0.39, 0.29) is 0 Å². The van der Waals surface area contributed by atoms with Crippen LogP contribution in [0.3, 0.4) is 0 Å². The largest absolute Gasteiger partial charge is 0.494 e. The van der Waals surface area contributed by atoms with Crippen molar-refractivity contribution >= 4 is 6.21 Å². The molecule has 0 atom stereocenters. The van der Waals surface area contributed by atoms with E-state index >= 15 is 0 Å². The number of unbranched alkanes of at least 4 members (excludes halogenated alkanes) is 1. The predicted octanol–water partition coefficient (Wildman–Crippen LogP) is 3.08. The highest BCUT2D eigenvalue weighted by Crippen LogP contribution is 2.00. The van der Waals surface area contributed by atoms with Crippen molar-refractivity contribution in [3.63, 3.8) is 0 Å². The molecule has 0 rings (SSSR count). The molecule has 0 aliphatic rings. The minimum atomic E-state index is 0.622. The van der Waals surface area contributed by atoms with Gasteiger partial charge < -0.3 is 10.1 Å². The summed E-state index contributed by atoms with van der Waals surface area (Å²) in [4.78, 5) is 0. The van der Waals surface area contributed by atoms with E-state index in [2.05, 4.69) is 20.1 Å². The van der Waals surface area contributed by atoms with Gasteiger partial charge in [-0.05, 0) is 18.1 Å². The lowest BCUT2D eigenvalue weighted by molar-refractivity contribution is 0.221. The summed E-state index contributed by atoms with van der Waals surface area (Å²) < 4.78 is 5.28. The molecule has 72 valence electrons. The van der Waals surface area contributed by atoms with E-state index in [0.717, 1.165) is 12.8 Å². The van der Waals surface area contributed by atoms with Gasteiger partial charge in [-0.25, -0.2) is 0 Å². The highest BCUT2D eigenvalue weighted by molar-refractivity contribution is 5.78. The van der Waals surface area contributed by atoms with E-state index in [1.807, 2.05) is 0 Å². The minimum absolute atomic E-state index is 0.622. The molecule has 2 heteroatoms. The first kappa shape index (κ1) is 11.7. The molecule has 0 spiro atoms. The molecular formula is C11H17NO. The Labute approximate surface area is 80.1 Å². The zero-order valence-electron chi connectivity index (χ0n) is 8.18. The summed E-state index contributed by atoms with van der Waals surface area (Å²) in [6.45, 7) is 10.1. The monoisotopic (exact) mass is 179 g/mol. The van der Waals surface area contributed by atoms with E-state index in [0.29, 0.717) is 17.9 Å². The number of rotatable bonds is 7. The Morgan fingerprint density at radius 1 is 1.38 bits per heavy atom. The Morgan fingerprint density at radius 2 is 2.08 bits per heavy atom. The van der Waals surface area contributed by atoms with Gasteiger partial charge in [-0.15, -0.1) is 0 Å². The fourth-order valence-corrected chi connectivity index (χ4v) is 0.644. The molecule has 0 heterocycles. The third-order valence-electron chi connectivity index (χ3n) is 1.45. The van der Waals surface area contributed by atoms with Crippen LogP contribution >= 0.6 is 0 Å². The molecule has 0 aromatic carbocycles. The zero-order valence-corrected chi connectivity index (χ0v) is 8.18. The van der Waals surface area contributed by atoms with Crippen molar-refractivity contribution < 1.29 is 4.74 Å². The summed E-state index contributed by atoms with van der Waals surface area (Å²) in [5.41, 5.74) is 0.639. The lowest BCUT2D eigenvalue weighted by Gasteiger charge is -2.03. The van der Waals surface area contributed by atoms with Crippen molar-refractivity contribution in [1.29, 1.82) is 5.41 Å². The van der Waals surface area contributed by atoms with Crippen molar-refractivity contribution in [2.45, 2.75) is 19.8 Å². The minimum Gasteiger partial charge on any atom is -0.494 e. The first-order valence-corrected chi connectivity index (χ1v) is 4.40. The van der Waals surface area contributed by atoms with Crippen LogP contribution in [0.15, 0.2) is 36.6 Å². The maximum Gasteiger partial charge on any atom is 0.112 e. The van der Waals surface area contributed by atoms with Crippen LogP contribution in [0.5, 0.6) is 0 Å². The molecule has 0 aliphatic heterocycles. The smallest absolute Gasteiger partial charge is 0.112 e. The molecule has 2 nitrogen and oxygen atoms in total. The molecule has 0 aromatic heterocycles. The first-order chi connectivity index (χ1) is 6.20. The molecule has 13 heavy (non-hydrogen) atoms. The van der Waals surface area contributed by atoms with Crippen LogP contribution in [0, 0.1) is 5.41 Å². The Hall–Kier alpha value is -1.31. The van der Waals surface area contributed by atoms with E-state index < -0.39 is 0 Å². The molecule has 0 unspecified atom stereocenters. The third-order valence-corrected chi connectivity index (χ3v) is 1.45. The maximum absolute atomic E-state index is 6.87. The van der Waals surface area contributed by atoms with Crippen LogP contribution in [0.1, 0.15) is 19.8 Å². The van der Waals surface area contributed by atoms with Crippen LogP contribution in [0.25, 0.3) is 0 Å². The van der Waals surface area contributed by atoms with Crippen molar-refractivity contribution in [2.75, 3.05) is 6.61 Å². The summed E-state index contributed by atoms with van der Waals surface area (Å²) in [5.74, 6) is 0.622. The van der Waals surface area contributed by atoms with Gasteiger partial charge in [0.25, 0.3) is 0 Å². The lowest BCUT2D eigenvalue weighted by atomic mass is 10.3. The Morgan fingerprint density at radius 3 is 2.62 bits per heavy atom. The summed E-state index contributed by atoms with van der Waals surface area (Å²) >= 11 is 0. The molecule has 0 saturated heterocycles. The van der Waals surface area contributed by atoms with Crippen molar-refractivity contribution in [1.82, 2.24) is 0 Å². The lowest BCUT2D eigenvalue weighted by Crippen LogP contribution is -1.91. The van der Waals surface area contributed by atoms with Crippen LogP contribution < -0.4 is 0 Å². The number of hydrogen-bond donors (Lipinski definition) is 1. The summed E-state index contributed by atoms with van der Waals surface area (Å²) in [6.07, 6.45) is 6.78. The van der Waals surface area contributed by atoms with E-state index in [4.69, 9.17) is 10.1 Å². The molecule has 0 bridgehead atoms. The number of ether oxygens (including phenoxy) is 1. The van der Waals surface area contributed by atoms with Crippen LogP contribution in [-0.4, -0.2) is 12.8 Å². The second-order valence-electron chi connectivity index (χ2n) is 2.72. The predicted molar refractivity (Wildman–Crippen MR) is 57.1 cm³/mol. The molecule has 0 aromatic rings. The molecule has 0 amide bonds. The van der Waals surface area contributed by atoms with E-state index in [9.17, 15) is 0 Å². The number of nitrogens with one attached hydrogen (secondary N) is 1. The summed E-state index contributed by atoms with van der Waals surface area (Å²) in [7, 11) is 0. The van der Waals surface area contributed by atoms with Gasteiger partial charge in [0.05, 0.1) is 6.61 Å². The molecule has 0 saturated carbocycles. The van der Waals surface area contributed by atoms with Gasteiger partial charge in [-0.3, -0.25) is 0 Å². The first-order valence-electron chi connectivity index (χ1n) is 4.40. The fraction of sp³-hybridized carbons (Fsp3) is 0.364. The standard InChI is InChI=1S/C11H17NO/c1-4-5-8-13-11(3)7-6-10(2)9-12/h6-7,9,12H,2-5,8H2,1H3/b7-6-,12-9?. The molecule has 0 radical (unpaired) electrons. The second kappa shape index (κ2) is 7.35. The van der Waals surface area contributed by atoms with Gasteiger partial charge in [-0.2, -0.15) is 0 Å². The maximum atomic E-state index is 6.87.